The van der Waals surface area contributed by atoms with E-state index in [-0.39, 0.29) is 17.6 Å². The maximum absolute atomic E-state index is 13.2. The number of carbonyl (C=O) groups is 1. The number of nitrogens with zero attached hydrogens (tertiary/aromatic N) is 3. The highest BCUT2D eigenvalue weighted by atomic mass is 19.1. The molecule has 1 saturated heterocycles. The highest BCUT2D eigenvalue weighted by molar-refractivity contribution is 5.94. The lowest BCUT2D eigenvalue weighted by Crippen LogP contribution is -2.39. The molecule has 4 rings (SSSR count). The van der Waals surface area contributed by atoms with E-state index in [1.165, 1.54) is 17.7 Å². The quantitative estimate of drug-likeness (QED) is 0.639. The topological polar surface area (TPSA) is 46.1 Å². The highest BCUT2D eigenvalue weighted by Gasteiger charge is 2.28. The first-order chi connectivity index (χ1) is 14.0. The molecule has 1 unspecified atom stereocenters. The summed E-state index contributed by atoms with van der Waals surface area (Å²) in [5, 5.41) is 0. The van der Waals surface area contributed by atoms with E-state index in [0.717, 1.165) is 35.5 Å². The van der Waals surface area contributed by atoms with Crippen LogP contribution in [0.1, 0.15) is 46.2 Å². The zero-order valence-electron chi connectivity index (χ0n) is 16.7. The molecular weight excluding hydrogens is 365 g/mol. The van der Waals surface area contributed by atoms with Crippen LogP contribution in [0.25, 0.3) is 11.1 Å². The van der Waals surface area contributed by atoms with Crippen molar-refractivity contribution in [2.24, 2.45) is 0 Å². The van der Waals surface area contributed by atoms with Crippen LogP contribution in [-0.2, 0) is 0 Å². The fourth-order valence-corrected chi connectivity index (χ4v) is 3.99. The fourth-order valence-electron chi connectivity index (χ4n) is 3.99. The van der Waals surface area contributed by atoms with E-state index in [0.29, 0.717) is 18.7 Å². The average molecular weight is 389 g/mol. The number of aryl methyl sites for hydroxylation is 2. The summed E-state index contributed by atoms with van der Waals surface area (Å²) in [7, 11) is 0. The van der Waals surface area contributed by atoms with Crippen molar-refractivity contribution >= 4 is 5.91 Å². The molecule has 4 nitrogen and oxygen atoms in total. The van der Waals surface area contributed by atoms with Crippen LogP contribution in [-0.4, -0.2) is 33.9 Å². The standard InChI is InChI=1S/C24H24FN3O/c1-16-5-3-6-19(13-16)22-14-26-17(2)27-23(22)20-7-4-12-28(15-20)24(29)18-8-10-21(25)11-9-18/h3,5-6,8-11,13-14,20H,4,7,12,15H2,1-2H3. The third-order valence-corrected chi connectivity index (χ3v) is 5.45. The normalized spacial score (nSPS) is 16.7. The van der Waals surface area contributed by atoms with Crippen LogP contribution in [0.4, 0.5) is 4.39 Å². The van der Waals surface area contributed by atoms with Gasteiger partial charge in [-0.15, -0.1) is 0 Å². The lowest BCUT2D eigenvalue weighted by Gasteiger charge is -2.33. The Hall–Kier alpha value is -3.08. The van der Waals surface area contributed by atoms with Gasteiger partial charge < -0.3 is 4.90 Å². The molecule has 0 N–H and O–H groups in total. The number of aromatic nitrogens is 2. The Kier molecular flexibility index (Phi) is 5.38. The SMILES string of the molecule is Cc1cccc(-c2cnc(C)nc2C2CCCN(C(=O)c3ccc(F)cc3)C2)c1. The van der Waals surface area contributed by atoms with Gasteiger partial charge in [0.1, 0.15) is 11.6 Å². The summed E-state index contributed by atoms with van der Waals surface area (Å²) >= 11 is 0. The first kappa shape index (κ1) is 19.2. The van der Waals surface area contributed by atoms with Crippen molar-refractivity contribution in [2.75, 3.05) is 13.1 Å². The Morgan fingerprint density at radius 1 is 1.14 bits per heavy atom. The number of piperidine rings is 1. The zero-order chi connectivity index (χ0) is 20.4. The fraction of sp³-hybridized carbons (Fsp3) is 0.292. The Morgan fingerprint density at radius 2 is 1.93 bits per heavy atom. The molecule has 1 amide bonds. The van der Waals surface area contributed by atoms with Gasteiger partial charge in [0.15, 0.2) is 0 Å². The van der Waals surface area contributed by atoms with Crippen LogP contribution in [0.5, 0.6) is 0 Å². The third-order valence-electron chi connectivity index (χ3n) is 5.45. The van der Waals surface area contributed by atoms with Crippen molar-refractivity contribution in [3.05, 3.63) is 83.2 Å². The van der Waals surface area contributed by atoms with Crippen LogP contribution in [0.15, 0.2) is 54.7 Å². The molecule has 1 fully saturated rings. The van der Waals surface area contributed by atoms with Crippen molar-refractivity contribution in [2.45, 2.75) is 32.6 Å². The van der Waals surface area contributed by atoms with Crippen molar-refractivity contribution in [3.8, 4) is 11.1 Å². The summed E-state index contributed by atoms with van der Waals surface area (Å²) in [6.07, 6.45) is 3.78. The van der Waals surface area contributed by atoms with E-state index in [1.807, 2.05) is 24.1 Å². The smallest absolute Gasteiger partial charge is 0.253 e. The summed E-state index contributed by atoms with van der Waals surface area (Å²) in [4.78, 5) is 24.0. The number of rotatable bonds is 3. The molecule has 0 bridgehead atoms. The Balaban J connectivity index is 1.64. The molecule has 0 aliphatic carbocycles. The Morgan fingerprint density at radius 3 is 2.69 bits per heavy atom. The first-order valence-electron chi connectivity index (χ1n) is 9.96. The minimum Gasteiger partial charge on any atom is -0.338 e. The lowest BCUT2D eigenvalue weighted by molar-refractivity contribution is 0.0706. The summed E-state index contributed by atoms with van der Waals surface area (Å²) < 4.78 is 13.2. The minimum atomic E-state index is -0.336. The van der Waals surface area contributed by atoms with Crippen LogP contribution in [0.2, 0.25) is 0 Å². The van der Waals surface area contributed by atoms with Crippen molar-refractivity contribution < 1.29 is 9.18 Å². The van der Waals surface area contributed by atoms with Gasteiger partial charge in [0, 0.05) is 36.3 Å². The largest absolute Gasteiger partial charge is 0.338 e. The summed E-state index contributed by atoms with van der Waals surface area (Å²) in [5.41, 5.74) is 4.83. The molecule has 3 aromatic rings. The summed E-state index contributed by atoms with van der Waals surface area (Å²) in [6, 6.07) is 14.1. The second-order valence-electron chi connectivity index (χ2n) is 7.68. The second-order valence-corrected chi connectivity index (χ2v) is 7.68. The maximum Gasteiger partial charge on any atom is 0.253 e. The van der Waals surface area contributed by atoms with Gasteiger partial charge in [0.05, 0.1) is 5.69 Å². The zero-order valence-corrected chi connectivity index (χ0v) is 16.7. The molecule has 1 aromatic heterocycles. The molecule has 1 atom stereocenters. The van der Waals surface area contributed by atoms with Crippen molar-refractivity contribution in [3.63, 3.8) is 0 Å². The number of amides is 1. The predicted octanol–water partition coefficient (Wildman–Crippen LogP) is 4.92. The van der Waals surface area contributed by atoms with E-state index >= 15 is 0 Å². The number of benzene rings is 2. The molecule has 148 valence electrons. The number of hydrogen-bond donors (Lipinski definition) is 0. The second kappa shape index (κ2) is 8.11. The Bertz CT molecular complexity index is 1030. The molecule has 1 aliphatic rings. The average Bonchev–Trinajstić information content (AvgIpc) is 2.74. The molecule has 5 heteroatoms. The van der Waals surface area contributed by atoms with Gasteiger partial charge in [-0.05, 0) is 56.5 Å². The molecule has 1 aliphatic heterocycles. The van der Waals surface area contributed by atoms with Crippen LogP contribution in [0, 0.1) is 19.7 Å². The van der Waals surface area contributed by atoms with E-state index < -0.39 is 0 Å². The maximum atomic E-state index is 13.2. The molecule has 2 heterocycles. The number of halogens is 1. The van der Waals surface area contributed by atoms with Gasteiger partial charge in [-0.2, -0.15) is 0 Å². The third kappa shape index (κ3) is 4.19. The van der Waals surface area contributed by atoms with E-state index in [4.69, 9.17) is 4.98 Å². The van der Waals surface area contributed by atoms with Gasteiger partial charge in [-0.25, -0.2) is 14.4 Å². The van der Waals surface area contributed by atoms with E-state index in [9.17, 15) is 9.18 Å². The van der Waals surface area contributed by atoms with Crippen molar-refractivity contribution in [1.82, 2.24) is 14.9 Å². The summed E-state index contributed by atoms with van der Waals surface area (Å²) in [6.45, 7) is 5.28. The van der Waals surface area contributed by atoms with Gasteiger partial charge in [0.25, 0.3) is 5.91 Å². The number of hydrogen-bond acceptors (Lipinski definition) is 3. The van der Waals surface area contributed by atoms with E-state index in [2.05, 4.69) is 30.1 Å². The molecule has 0 saturated carbocycles. The van der Waals surface area contributed by atoms with Gasteiger partial charge in [-0.1, -0.05) is 29.8 Å². The molecule has 2 aromatic carbocycles. The number of likely N-dealkylation sites (tertiary alicyclic amines) is 1. The Labute approximate surface area is 170 Å². The molecule has 0 radical (unpaired) electrons. The lowest BCUT2D eigenvalue weighted by atomic mass is 9.89. The molecule has 29 heavy (non-hydrogen) atoms. The molecule has 0 spiro atoms. The van der Waals surface area contributed by atoms with Gasteiger partial charge in [0.2, 0.25) is 0 Å². The van der Waals surface area contributed by atoms with Crippen LogP contribution < -0.4 is 0 Å². The number of carbonyl (C=O) groups excluding carboxylic acids is 1. The van der Waals surface area contributed by atoms with Crippen LogP contribution in [0.3, 0.4) is 0 Å². The molecular formula is C24H24FN3O. The van der Waals surface area contributed by atoms with Gasteiger partial charge >= 0.3 is 0 Å². The highest BCUT2D eigenvalue weighted by Crippen LogP contribution is 2.33. The van der Waals surface area contributed by atoms with Gasteiger partial charge in [-0.3, -0.25) is 4.79 Å². The minimum absolute atomic E-state index is 0.0578. The van der Waals surface area contributed by atoms with E-state index in [1.54, 1.807) is 12.1 Å². The van der Waals surface area contributed by atoms with Crippen molar-refractivity contribution in [1.29, 1.82) is 0 Å². The summed E-state index contributed by atoms with van der Waals surface area (Å²) in [5.74, 6) is 0.485. The van der Waals surface area contributed by atoms with Crippen LogP contribution >= 0.6 is 0 Å². The predicted molar refractivity (Wildman–Crippen MR) is 111 cm³/mol. The first-order valence-corrected chi connectivity index (χ1v) is 9.96. The monoisotopic (exact) mass is 389 g/mol.